The molecule has 20 heavy (non-hydrogen) atoms. The van der Waals surface area contributed by atoms with Crippen molar-refractivity contribution in [3.63, 3.8) is 0 Å². The maximum absolute atomic E-state index is 12.0. The largest absolute Gasteiger partial charge is 0.486 e. The summed E-state index contributed by atoms with van der Waals surface area (Å²) in [5.41, 5.74) is 1.13. The van der Waals surface area contributed by atoms with Crippen molar-refractivity contribution in [2.75, 3.05) is 31.2 Å². The summed E-state index contributed by atoms with van der Waals surface area (Å²) in [6, 6.07) is 6.05. The van der Waals surface area contributed by atoms with Crippen molar-refractivity contribution in [2.24, 2.45) is 5.92 Å². The van der Waals surface area contributed by atoms with Crippen LogP contribution in [0.1, 0.15) is 26.2 Å². The van der Waals surface area contributed by atoms with Gasteiger partial charge in [0.25, 0.3) is 0 Å². The topological polar surface area (TPSA) is 38.8 Å². The Morgan fingerprint density at radius 1 is 1.30 bits per heavy atom. The molecule has 1 fully saturated rings. The van der Waals surface area contributed by atoms with Crippen LogP contribution in [-0.4, -0.2) is 32.1 Å². The quantitative estimate of drug-likeness (QED) is 0.847. The number of carbonyl (C=O) groups excluding carboxylic acids is 1. The molecular formula is C16H21NO3. The molecule has 1 unspecified atom stereocenters. The van der Waals surface area contributed by atoms with Crippen LogP contribution in [0, 0.1) is 5.92 Å². The summed E-state index contributed by atoms with van der Waals surface area (Å²) in [6.07, 6.45) is 2.62. The summed E-state index contributed by atoms with van der Waals surface area (Å²) in [7, 11) is 0. The molecule has 0 N–H and O–H groups in total. The van der Waals surface area contributed by atoms with Gasteiger partial charge in [-0.25, -0.2) is 0 Å². The third kappa shape index (κ3) is 2.60. The molecular weight excluding hydrogens is 254 g/mol. The number of fused-ring (bicyclic) bond motifs is 1. The molecule has 4 heteroatoms. The SMILES string of the molecule is CCCC(=O)C1CCN(c2ccc3c(c2)OCCO3)C1. The number of ketones is 1. The molecule has 4 nitrogen and oxygen atoms in total. The van der Waals surface area contributed by atoms with E-state index in [1.807, 2.05) is 12.1 Å². The van der Waals surface area contributed by atoms with Crippen LogP contribution in [0.4, 0.5) is 5.69 Å². The molecule has 0 bridgehead atoms. The highest BCUT2D eigenvalue weighted by Gasteiger charge is 2.28. The van der Waals surface area contributed by atoms with E-state index < -0.39 is 0 Å². The molecule has 1 aromatic rings. The second-order valence-electron chi connectivity index (χ2n) is 5.48. The van der Waals surface area contributed by atoms with Crippen LogP contribution in [0.15, 0.2) is 18.2 Å². The molecule has 3 rings (SSSR count). The van der Waals surface area contributed by atoms with Crippen LogP contribution in [-0.2, 0) is 4.79 Å². The van der Waals surface area contributed by atoms with Crippen molar-refractivity contribution in [3.05, 3.63) is 18.2 Å². The third-order valence-electron chi connectivity index (χ3n) is 4.03. The molecule has 108 valence electrons. The van der Waals surface area contributed by atoms with Crippen molar-refractivity contribution in [1.82, 2.24) is 0 Å². The van der Waals surface area contributed by atoms with Crippen LogP contribution < -0.4 is 14.4 Å². The Balaban J connectivity index is 1.70. The normalized spacial score (nSPS) is 21.1. The smallest absolute Gasteiger partial charge is 0.163 e. The van der Waals surface area contributed by atoms with Gasteiger partial charge >= 0.3 is 0 Å². The summed E-state index contributed by atoms with van der Waals surface area (Å²) in [6.45, 7) is 5.06. The number of carbonyl (C=O) groups is 1. The predicted octanol–water partition coefficient (Wildman–Crippen LogP) is 2.65. The number of benzene rings is 1. The highest BCUT2D eigenvalue weighted by atomic mass is 16.6. The molecule has 0 amide bonds. The second kappa shape index (κ2) is 5.73. The van der Waals surface area contributed by atoms with Crippen molar-refractivity contribution in [1.29, 1.82) is 0 Å². The van der Waals surface area contributed by atoms with Crippen LogP contribution in [0.3, 0.4) is 0 Å². The van der Waals surface area contributed by atoms with Gasteiger partial charge in [0, 0.05) is 37.2 Å². The van der Waals surface area contributed by atoms with Crippen molar-refractivity contribution in [2.45, 2.75) is 26.2 Å². The van der Waals surface area contributed by atoms with Gasteiger partial charge in [0.05, 0.1) is 0 Å². The molecule has 1 atom stereocenters. The van der Waals surface area contributed by atoms with E-state index >= 15 is 0 Å². The number of ether oxygens (including phenoxy) is 2. The summed E-state index contributed by atoms with van der Waals surface area (Å²) < 4.78 is 11.2. The Bertz CT molecular complexity index is 500. The molecule has 2 heterocycles. The fourth-order valence-electron chi connectivity index (χ4n) is 2.94. The molecule has 2 aliphatic heterocycles. The number of nitrogens with zero attached hydrogens (tertiary/aromatic N) is 1. The van der Waals surface area contributed by atoms with E-state index in [0.717, 1.165) is 43.1 Å². The van der Waals surface area contributed by atoms with Crippen LogP contribution in [0.5, 0.6) is 11.5 Å². The Labute approximate surface area is 119 Å². The van der Waals surface area contributed by atoms with E-state index in [2.05, 4.69) is 17.9 Å². The van der Waals surface area contributed by atoms with Gasteiger partial charge in [-0.1, -0.05) is 6.92 Å². The Morgan fingerprint density at radius 3 is 2.90 bits per heavy atom. The van der Waals surface area contributed by atoms with Gasteiger partial charge in [-0.15, -0.1) is 0 Å². The summed E-state index contributed by atoms with van der Waals surface area (Å²) in [5.74, 6) is 2.24. The lowest BCUT2D eigenvalue weighted by atomic mass is 10.00. The van der Waals surface area contributed by atoms with Gasteiger partial charge < -0.3 is 14.4 Å². The standard InChI is InChI=1S/C16H21NO3/c1-2-3-14(18)12-6-7-17(11-12)13-4-5-15-16(10-13)20-9-8-19-15/h4-5,10,12H,2-3,6-9,11H2,1H3. The first-order valence-electron chi connectivity index (χ1n) is 7.45. The highest BCUT2D eigenvalue weighted by Crippen LogP contribution is 2.35. The van der Waals surface area contributed by atoms with Crippen LogP contribution in [0.2, 0.25) is 0 Å². The lowest BCUT2D eigenvalue weighted by molar-refractivity contribution is -0.122. The first kappa shape index (κ1) is 13.3. The molecule has 0 saturated carbocycles. The summed E-state index contributed by atoms with van der Waals surface area (Å²) >= 11 is 0. The van der Waals surface area contributed by atoms with Crippen LogP contribution in [0.25, 0.3) is 0 Å². The number of rotatable bonds is 4. The number of anilines is 1. The number of hydrogen-bond acceptors (Lipinski definition) is 4. The van der Waals surface area contributed by atoms with E-state index in [9.17, 15) is 4.79 Å². The molecule has 0 aromatic heterocycles. The van der Waals surface area contributed by atoms with Crippen molar-refractivity contribution >= 4 is 11.5 Å². The van der Waals surface area contributed by atoms with E-state index in [4.69, 9.17) is 9.47 Å². The highest BCUT2D eigenvalue weighted by molar-refractivity contribution is 5.82. The second-order valence-corrected chi connectivity index (χ2v) is 5.48. The first-order chi connectivity index (χ1) is 9.78. The zero-order valence-corrected chi connectivity index (χ0v) is 11.9. The molecule has 2 aliphatic rings. The molecule has 0 aliphatic carbocycles. The molecule has 1 saturated heterocycles. The average Bonchev–Trinajstić information content (AvgIpc) is 2.97. The van der Waals surface area contributed by atoms with Gasteiger partial charge in [-0.2, -0.15) is 0 Å². The zero-order valence-electron chi connectivity index (χ0n) is 11.9. The number of Topliss-reactive ketones (excluding diaryl/α,β-unsaturated/α-hetero) is 1. The maximum Gasteiger partial charge on any atom is 0.163 e. The third-order valence-corrected chi connectivity index (χ3v) is 4.03. The Morgan fingerprint density at radius 2 is 2.10 bits per heavy atom. The lowest BCUT2D eigenvalue weighted by Gasteiger charge is -2.23. The Kier molecular flexibility index (Phi) is 3.81. The van der Waals surface area contributed by atoms with Crippen molar-refractivity contribution < 1.29 is 14.3 Å². The monoisotopic (exact) mass is 275 g/mol. The molecule has 0 spiro atoms. The molecule has 0 radical (unpaired) electrons. The van der Waals surface area contributed by atoms with Crippen LogP contribution >= 0.6 is 0 Å². The summed E-state index contributed by atoms with van der Waals surface area (Å²) in [5, 5.41) is 0. The summed E-state index contributed by atoms with van der Waals surface area (Å²) in [4.78, 5) is 14.3. The zero-order chi connectivity index (χ0) is 13.9. The van der Waals surface area contributed by atoms with Crippen molar-refractivity contribution in [3.8, 4) is 11.5 Å². The van der Waals surface area contributed by atoms with Gasteiger partial charge in [0.2, 0.25) is 0 Å². The minimum atomic E-state index is 0.197. The predicted molar refractivity (Wildman–Crippen MR) is 77.7 cm³/mol. The van der Waals surface area contributed by atoms with Gasteiger partial charge in [0.1, 0.15) is 19.0 Å². The molecule has 1 aromatic carbocycles. The fourth-order valence-corrected chi connectivity index (χ4v) is 2.94. The maximum atomic E-state index is 12.0. The first-order valence-corrected chi connectivity index (χ1v) is 7.45. The van der Waals surface area contributed by atoms with E-state index in [0.29, 0.717) is 25.4 Å². The lowest BCUT2D eigenvalue weighted by Crippen LogP contribution is -2.23. The fraction of sp³-hybridized carbons (Fsp3) is 0.562. The van der Waals surface area contributed by atoms with Gasteiger partial charge in [0.15, 0.2) is 11.5 Å². The van der Waals surface area contributed by atoms with E-state index in [1.54, 1.807) is 0 Å². The Hall–Kier alpha value is -1.71. The van der Waals surface area contributed by atoms with E-state index in [1.165, 1.54) is 0 Å². The van der Waals surface area contributed by atoms with E-state index in [-0.39, 0.29) is 5.92 Å². The minimum absolute atomic E-state index is 0.197. The average molecular weight is 275 g/mol. The number of hydrogen-bond donors (Lipinski definition) is 0. The van der Waals surface area contributed by atoms with Gasteiger partial charge in [-0.05, 0) is 25.0 Å². The van der Waals surface area contributed by atoms with Gasteiger partial charge in [-0.3, -0.25) is 4.79 Å². The minimum Gasteiger partial charge on any atom is -0.486 e.